The average Bonchev–Trinajstić information content (AvgIpc) is 2.65. The molecular formula is C18H16F3NO4. The molecule has 1 aromatic heterocycles. The lowest BCUT2D eigenvalue weighted by molar-refractivity contribution is -0.141. The normalized spacial score (nSPS) is 14.0. The first-order chi connectivity index (χ1) is 13.5. The Morgan fingerprint density at radius 1 is 1.23 bits per heavy atom. The third-order valence-electron chi connectivity index (χ3n) is 3.28. The summed E-state index contributed by atoms with van der Waals surface area (Å²) in [6.45, 7) is -0.243. The third-order valence-corrected chi connectivity index (χ3v) is 3.28. The van der Waals surface area contributed by atoms with E-state index >= 15 is 0 Å². The van der Waals surface area contributed by atoms with Crippen molar-refractivity contribution < 1.29 is 36.3 Å². The van der Waals surface area contributed by atoms with Gasteiger partial charge < -0.3 is 14.2 Å². The molecule has 0 aliphatic rings. The number of hydrogen-bond acceptors (Lipinski definition) is 5. The number of alkyl halides is 3. The van der Waals surface area contributed by atoms with Gasteiger partial charge in [-0.3, -0.25) is 0 Å². The summed E-state index contributed by atoms with van der Waals surface area (Å²) in [7, 11) is -1.68. The van der Waals surface area contributed by atoms with Crippen molar-refractivity contribution in [2.45, 2.75) is 12.8 Å². The summed E-state index contributed by atoms with van der Waals surface area (Å²) < 4.78 is 74.2. The molecule has 0 spiro atoms. The number of carbonyl (C=O) groups excluding carboxylic acids is 1. The highest BCUT2D eigenvalue weighted by molar-refractivity contribution is 6.16. The highest BCUT2D eigenvalue weighted by Crippen LogP contribution is 2.29. The standard InChI is InChI=1S/C18H16F3NO4/c1-24-11-14(17(23)25-2)13-7-4-3-6-12(13)10-26-16-9-5-8-15(22-16)18(19,20)21/h3-9,11H,10H2,1-2H3/b14-11+/i1D3. The second-order valence-electron chi connectivity index (χ2n) is 4.95. The molecule has 0 unspecified atom stereocenters. The molecule has 1 heterocycles. The van der Waals surface area contributed by atoms with Crippen LogP contribution in [0.1, 0.15) is 20.9 Å². The van der Waals surface area contributed by atoms with Crippen molar-refractivity contribution in [2.75, 3.05) is 14.1 Å². The van der Waals surface area contributed by atoms with E-state index < -0.39 is 24.9 Å². The molecule has 2 aromatic rings. The number of rotatable bonds is 6. The Balaban J connectivity index is 2.31. The molecule has 0 amide bonds. The van der Waals surface area contributed by atoms with Crippen molar-refractivity contribution in [3.05, 3.63) is 65.5 Å². The van der Waals surface area contributed by atoms with E-state index in [4.69, 9.17) is 8.85 Å². The lowest BCUT2D eigenvalue weighted by Gasteiger charge is -2.13. The number of esters is 1. The quantitative estimate of drug-likeness (QED) is 0.439. The molecular weight excluding hydrogens is 351 g/mol. The van der Waals surface area contributed by atoms with Crippen LogP contribution in [0.2, 0.25) is 0 Å². The molecule has 0 atom stereocenters. The highest BCUT2D eigenvalue weighted by atomic mass is 19.4. The SMILES string of the molecule is [2H]C([2H])([2H])O/C=C(/C(=O)OC)c1ccccc1COc1cccc(C(F)(F)F)n1. The summed E-state index contributed by atoms with van der Waals surface area (Å²) in [6, 6.07) is 9.45. The predicted molar refractivity (Wildman–Crippen MR) is 87.0 cm³/mol. The number of aromatic nitrogens is 1. The van der Waals surface area contributed by atoms with Gasteiger partial charge in [0.15, 0.2) is 0 Å². The van der Waals surface area contributed by atoms with Gasteiger partial charge in [-0.2, -0.15) is 13.2 Å². The zero-order chi connectivity index (χ0) is 21.7. The molecule has 8 heteroatoms. The third kappa shape index (κ3) is 4.75. The summed E-state index contributed by atoms with van der Waals surface area (Å²) in [6.07, 6.45) is -3.87. The summed E-state index contributed by atoms with van der Waals surface area (Å²) >= 11 is 0. The van der Waals surface area contributed by atoms with E-state index in [1.807, 2.05) is 0 Å². The monoisotopic (exact) mass is 370 g/mol. The van der Waals surface area contributed by atoms with Crippen molar-refractivity contribution in [1.29, 1.82) is 0 Å². The number of hydrogen-bond donors (Lipinski definition) is 0. The van der Waals surface area contributed by atoms with Gasteiger partial charge in [-0.15, -0.1) is 0 Å². The first kappa shape index (κ1) is 15.2. The molecule has 0 aliphatic heterocycles. The van der Waals surface area contributed by atoms with Crippen molar-refractivity contribution in [3.63, 3.8) is 0 Å². The molecule has 26 heavy (non-hydrogen) atoms. The first-order valence-corrected chi connectivity index (χ1v) is 7.23. The van der Waals surface area contributed by atoms with E-state index in [-0.39, 0.29) is 23.6 Å². The first-order valence-electron chi connectivity index (χ1n) is 8.73. The van der Waals surface area contributed by atoms with Crippen LogP contribution in [0.25, 0.3) is 5.57 Å². The van der Waals surface area contributed by atoms with Gasteiger partial charge in [0.25, 0.3) is 0 Å². The van der Waals surface area contributed by atoms with Gasteiger partial charge >= 0.3 is 12.1 Å². The molecule has 0 N–H and O–H groups in total. The average molecular weight is 370 g/mol. The molecule has 0 bridgehead atoms. The maximum atomic E-state index is 12.8. The smallest absolute Gasteiger partial charge is 0.433 e. The van der Waals surface area contributed by atoms with Crippen molar-refractivity contribution in [3.8, 4) is 5.88 Å². The van der Waals surface area contributed by atoms with Crippen LogP contribution < -0.4 is 4.74 Å². The van der Waals surface area contributed by atoms with E-state index in [2.05, 4.69) is 14.5 Å². The zero-order valence-electron chi connectivity index (χ0n) is 16.5. The van der Waals surface area contributed by atoms with Gasteiger partial charge in [-0.1, -0.05) is 30.3 Å². The van der Waals surface area contributed by atoms with Crippen molar-refractivity contribution in [2.24, 2.45) is 0 Å². The van der Waals surface area contributed by atoms with Crippen LogP contribution in [0.5, 0.6) is 5.88 Å². The molecule has 0 fully saturated rings. The van der Waals surface area contributed by atoms with Crippen LogP contribution >= 0.6 is 0 Å². The minimum absolute atomic E-state index is 0.195. The molecule has 138 valence electrons. The lowest BCUT2D eigenvalue weighted by atomic mass is 10.0. The Morgan fingerprint density at radius 3 is 2.69 bits per heavy atom. The van der Waals surface area contributed by atoms with Crippen LogP contribution in [0.15, 0.2) is 48.7 Å². The number of methoxy groups -OCH3 is 2. The van der Waals surface area contributed by atoms with Crippen LogP contribution in [-0.2, 0) is 27.1 Å². The summed E-state index contributed by atoms with van der Waals surface area (Å²) in [5, 5.41) is 0. The second kappa shape index (κ2) is 8.37. The van der Waals surface area contributed by atoms with Gasteiger partial charge in [0.1, 0.15) is 17.9 Å². The minimum atomic E-state index is -4.62. The summed E-state index contributed by atoms with van der Waals surface area (Å²) in [5.41, 5.74) is -0.697. The molecule has 0 saturated carbocycles. The van der Waals surface area contributed by atoms with Gasteiger partial charge in [0, 0.05) is 6.07 Å². The Kier molecular flexibility index (Phi) is 4.91. The number of benzene rings is 1. The maximum absolute atomic E-state index is 12.8. The number of pyridine rings is 1. The second-order valence-corrected chi connectivity index (χ2v) is 4.95. The fourth-order valence-corrected chi connectivity index (χ4v) is 2.10. The van der Waals surface area contributed by atoms with Crippen LogP contribution in [0.4, 0.5) is 13.2 Å². The molecule has 5 nitrogen and oxygen atoms in total. The van der Waals surface area contributed by atoms with Crippen molar-refractivity contribution >= 4 is 11.5 Å². The van der Waals surface area contributed by atoms with Gasteiger partial charge in [0.2, 0.25) is 5.88 Å². The number of nitrogens with zero attached hydrogens (tertiary/aromatic N) is 1. The minimum Gasteiger partial charge on any atom is -0.503 e. The molecule has 0 saturated heterocycles. The fourth-order valence-electron chi connectivity index (χ4n) is 2.10. The lowest BCUT2D eigenvalue weighted by Crippen LogP contribution is -2.10. The molecule has 1 aromatic carbocycles. The van der Waals surface area contributed by atoms with E-state index in [9.17, 15) is 18.0 Å². The van der Waals surface area contributed by atoms with E-state index in [1.54, 1.807) is 18.2 Å². The van der Waals surface area contributed by atoms with Crippen LogP contribution in [-0.4, -0.2) is 25.1 Å². The van der Waals surface area contributed by atoms with E-state index in [0.717, 1.165) is 25.5 Å². The van der Waals surface area contributed by atoms with Gasteiger partial charge in [0.05, 0.1) is 24.5 Å². The largest absolute Gasteiger partial charge is 0.503 e. The van der Waals surface area contributed by atoms with Gasteiger partial charge in [-0.05, 0) is 17.2 Å². The van der Waals surface area contributed by atoms with E-state index in [1.165, 1.54) is 12.1 Å². The molecule has 2 rings (SSSR count). The predicted octanol–water partition coefficient (Wildman–Crippen LogP) is 3.84. The van der Waals surface area contributed by atoms with Gasteiger partial charge in [-0.25, -0.2) is 9.78 Å². The highest BCUT2D eigenvalue weighted by Gasteiger charge is 2.32. The van der Waals surface area contributed by atoms with Crippen LogP contribution in [0.3, 0.4) is 0 Å². The Bertz CT molecular complexity index is 898. The number of halogens is 3. The van der Waals surface area contributed by atoms with Crippen LogP contribution in [0, 0.1) is 0 Å². The molecule has 0 radical (unpaired) electrons. The summed E-state index contributed by atoms with van der Waals surface area (Å²) in [4.78, 5) is 15.5. The Hall–Kier alpha value is -3.03. The Morgan fingerprint density at radius 2 is 2.00 bits per heavy atom. The van der Waals surface area contributed by atoms with Crippen molar-refractivity contribution in [1.82, 2.24) is 4.98 Å². The maximum Gasteiger partial charge on any atom is 0.433 e. The zero-order valence-corrected chi connectivity index (χ0v) is 13.5. The van der Waals surface area contributed by atoms with E-state index in [0.29, 0.717) is 5.56 Å². The topological polar surface area (TPSA) is 57.7 Å². The number of ether oxygens (including phenoxy) is 3. The fraction of sp³-hybridized carbons (Fsp3) is 0.222. The number of carbonyl (C=O) groups is 1. The molecule has 0 aliphatic carbocycles. The summed E-state index contributed by atoms with van der Waals surface area (Å²) in [5.74, 6) is -1.13. The Labute approximate surface area is 152 Å².